The third kappa shape index (κ3) is 4.48. The summed E-state index contributed by atoms with van der Waals surface area (Å²) >= 11 is 0.763. The highest BCUT2D eigenvalue weighted by molar-refractivity contribution is 7.18. The van der Waals surface area contributed by atoms with Crippen molar-refractivity contribution in [3.8, 4) is 18.1 Å². The van der Waals surface area contributed by atoms with Gasteiger partial charge in [-0.2, -0.15) is 10.5 Å². The van der Waals surface area contributed by atoms with E-state index < -0.39 is 23.0 Å². The lowest BCUT2D eigenvalue weighted by atomic mass is 9.87. The zero-order valence-corrected chi connectivity index (χ0v) is 15.3. The molecule has 3 N–H and O–H groups in total. The van der Waals surface area contributed by atoms with E-state index in [1.165, 1.54) is 13.0 Å². The number of ketones is 2. The average Bonchev–Trinajstić information content (AvgIpc) is 2.90. The van der Waals surface area contributed by atoms with E-state index in [0.717, 1.165) is 17.5 Å². The number of carbonyl (C=O) groups is 3. The molecule has 0 spiro atoms. The normalized spacial score (nSPS) is 11.0. The van der Waals surface area contributed by atoms with Crippen molar-refractivity contribution < 1.29 is 32.5 Å². The molecule has 0 atom stereocenters. The summed E-state index contributed by atoms with van der Waals surface area (Å²) in [6.07, 6.45) is 2.60. The third-order valence-electron chi connectivity index (χ3n) is 3.21. The highest BCUT2D eigenvalue weighted by atomic mass is 32.1. The molecule has 0 saturated carbocycles. The fourth-order valence-electron chi connectivity index (χ4n) is 1.93. The van der Waals surface area contributed by atoms with E-state index in [9.17, 15) is 19.6 Å². The molecule has 0 aliphatic rings. The van der Waals surface area contributed by atoms with E-state index in [-0.39, 0.29) is 29.4 Å². The minimum atomic E-state index is -1.08. The minimum absolute atomic E-state index is 0. The predicted molar refractivity (Wildman–Crippen MR) is 97.2 cm³/mol. The van der Waals surface area contributed by atoms with Crippen molar-refractivity contribution in [3.63, 3.8) is 0 Å². The number of hydrogen-bond donors (Lipinski definition) is 3. The summed E-state index contributed by atoms with van der Waals surface area (Å²) in [4.78, 5) is 39.5. The molecule has 1 rings (SSSR count). The van der Waals surface area contributed by atoms with Gasteiger partial charge in [-0.05, 0) is 12.5 Å². The summed E-state index contributed by atoms with van der Waals surface area (Å²) in [5.74, 6) is -0.368. The van der Waals surface area contributed by atoms with Crippen LogP contribution in [0.3, 0.4) is 0 Å². The molecule has 0 amide bonds. The van der Waals surface area contributed by atoms with Crippen LogP contribution < -0.4 is 5.32 Å². The van der Waals surface area contributed by atoms with E-state index in [2.05, 4.69) is 10.2 Å². The summed E-state index contributed by atoms with van der Waals surface area (Å²) in [6.45, 7) is 6.38. The Hall–Kier alpha value is -3.14. The summed E-state index contributed by atoms with van der Waals surface area (Å²) in [7, 11) is 0. The number of allylic oxidation sites excluding steroid dienone is 1. The molecule has 0 aromatic carbocycles. The van der Waals surface area contributed by atoms with E-state index >= 15 is 0 Å². The van der Waals surface area contributed by atoms with Crippen LogP contribution in [0.1, 0.15) is 49.2 Å². The van der Waals surface area contributed by atoms with Crippen molar-refractivity contribution in [1.29, 1.82) is 5.26 Å². The topological polar surface area (TPSA) is 137 Å². The van der Waals surface area contributed by atoms with E-state index in [1.54, 1.807) is 26.8 Å². The van der Waals surface area contributed by atoms with Gasteiger partial charge < -0.3 is 10.4 Å². The van der Waals surface area contributed by atoms with Crippen molar-refractivity contribution in [2.45, 2.75) is 27.7 Å². The van der Waals surface area contributed by atoms with Gasteiger partial charge in [0.2, 0.25) is 5.78 Å². The molecule has 0 bridgehead atoms. The monoisotopic (exact) mass is 380 g/mol. The van der Waals surface area contributed by atoms with Crippen molar-refractivity contribution in [1.82, 2.24) is 0 Å². The Balaban J connectivity index is 0. The first kappa shape index (κ1) is 20.9. The van der Waals surface area contributed by atoms with Gasteiger partial charge in [0, 0.05) is 20.4 Å². The Morgan fingerprint density at radius 3 is 2.42 bits per heavy atom. The summed E-state index contributed by atoms with van der Waals surface area (Å²) < 4.78 is 0. The van der Waals surface area contributed by atoms with Crippen LogP contribution in [0.4, 0.5) is 5.00 Å². The number of hydrogen-bond acceptors (Lipinski definition) is 9. The zero-order valence-electron chi connectivity index (χ0n) is 14.5. The van der Waals surface area contributed by atoms with Crippen molar-refractivity contribution in [2.24, 2.45) is 5.41 Å². The molecule has 0 aliphatic heterocycles. The number of Topliss-reactive ketones (excluding diaryl/α,β-unsaturated/α-hetero) is 2. The summed E-state index contributed by atoms with van der Waals surface area (Å²) in [6, 6.07) is 1.78. The Bertz CT molecular complexity index is 898. The van der Waals surface area contributed by atoms with Gasteiger partial charge in [0.25, 0.3) is 0 Å². The maximum absolute atomic E-state index is 12.2. The largest absolute Gasteiger partial charge is 0.462 e. The van der Waals surface area contributed by atoms with Crippen LogP contribution in [-0.4, -0.2) is 27.9 Å². The fraction of sp³-hybridized carbons (Fsp3) is 0.294. The second-order valence-corrected chi connectivity index (χ2v) is 7.12. The average molecular weight is 380 g/mol. The molecule has 8 nitrogen and oxygen atoms in total. The number of anilines is 1. The maximum Gasteiger partial charge on any atom is 0.383 e. The second kappa shape index (κ2) is 8.30. The summed E-state index contributed by atoms with van der Waals surface area (Å²) in [5, 5.41) is 29.1. The van der Waals surface area contributed by atoms with Crippen LogP contribution in [0.15, 0.2) is 11.8 Å². The first-order valence-corrected chi connectivity index (χ1v) is 8.00. The highest BCUT2D eigenvalue weighted by Gasteiger charge is 2.27. The number of carbonyl (C=O) groups excluding carboxylic acids is 3. The molecule has 1 aromatic rings. The van der Waals surface area contributed by atoms with Gasteiger partial charge in [-0.25, -0.2) is 4.79 Å². The number of nitrogens with one attached hydrogen (secondary N) is 1. The van der Waals surface area contributed by atoms with E-state index in [0.29, 0.717) is 0 Å². The van der Waals surface area contributed by atoms with E-state index in [4.69, 9.17) is 10.4 Å². The quantitative estimate of drug-likeness (QED) is 0.177. The first-order valence-electron chi connectivity index (χ1n) is 7.18. The molecular formula is C17H20N2O6S. The number of rotatable bonds is 5. The Kier molecular flexibility index (Phi) is 6.67. The van der Waals surface area contributed by atoms with Crippen molar-refractivity contribution in [2.75, 3.05) is 5.32 Å². The Labute approximate surface area is 156 Å². The molecule has 0 aliphatic carbocycles. The van der Waals surface area contributed by atoms with Crippen molar-refractivity contribution >= 4 is 33.9 Å². The van der Waals surface area contributed by atoms with Gasteiger partial charge >= 0.3 is 5.97 Å². The molecule has 1 aromatic heterocycles. The molecule has 1 heterocycles. The summed E-state index contributed by atoms with van der Waals surface area (Å²) in [5.41, 5.74) is -0.852. The number of nitrogens with zero attached hydrogens (tertiary/aromatic N) is 1. The third-order valence-corrected chi connectivity index (χ3v) is 4.41. The molecule has 0 unspecified atom stereocenters. The van der Waals surface area contributed by atoms with E-state index in [1.807, 2.05) is 5.92 Å². The molecular weight excluding hydrogens is 360 g/mol. The molecule has 0 radical (unpaired) electrons. The number of nitriles is 1. The predicted octanol–water partition coefficient (Wildman–Crippen LogP) is 3.13. The van der Waals surface area contributed by atoms with Crippen molar-refractivity contribution in [3.05, 3.63) is 27.8 Å². The smallest absolute Gasteiger partial charge is 0.383 e. The van der Waals surface area contributed by atoms with Crippen LogP contribution >= 0.6 is 11.3 Å². The van der Waals surface area contributed by atoms with Gasteiger partial charge in [-0.15, -0.1) is 11.3 Å². The van der Waals surface area contributed by atoms with Gasteiger partial charge in [0.15, 0.2) is 5.78 Å². The lowest BCUT2D eigenvalue weighted by Gasteiger charge is -2.15. The SMILES string of the molecule is Cc1c(C(=O)OO)sc(N/C=C(/C#N)C(=O)C(C)(C)C)c1C(=O)C#CO.[HH].[HH]. The van der Waals surface area contributed by atoms with Crippen LogP contribution in [0.25, 0.3) is 0 Å². The molecule has 0 saturated heterocycles. The maximum atomic E-state index is 12.2. The van der Waals surface area contributed by atoms with Crippen LogP contribution in [0.5, 0.6) is 0 Å². The van der Waals surface area contributed by atoms with Gasteiger partial charge in [0.05, 0.1) is 5.56 Å². The van der Waals surface area contributed by atoms with Gasteiger partial charge in [-0.1, -0.05) is 20.8 Å². The Morgan fingerprint density at radius 2 is 1.96 bits per heavy atom. The van der Waals surface area contributed by atoms with Crippen LogP contribution in [0.2, 0.25) is 0 Å². The number of thiophene rings is 1. The lowest BCUT2D eigenvalue weighted by Crippen LogP contribution is -2.22. The van der Waals surface area contributed by atoms with Crippen LogP contribution in [0, 0.1) is 35.7 Å². The van der Waals surface area contributed by atoms with Gasteiger partial charge in [-0.3, -0.25) is 14.5 Å². The van der Waals surface area contributed by atoms with Gasteiger partial charge in [0.1, 0.15) is 27.6 Å². The first-order chi connectivity index (χ1) is 12.1. The highest BCUT2D eigenvalue weighted by Crippen LogP contribution is 2.34. The van der Waals surface area contributed by atoms with Crippen LogP contribution in [-0.2, 0) is 9.68 Å². The number of aliphatic hydroxyl groups excluding tert-OH is 1. The molecule has 26 heavy (non-hydrogen) atoms. The molecule has 9 heteroatoms. The minimum Gasteiger partial charge on any atom is -0.462 e. The molecule has 140 valence electrons. The fourth-order valence-corrected chi connectivity index (χ4v) is 2.97. The Morgan fingerprint density at radius 1 is 1.35 bits per heavy atom. The molecule has 0 fully saturated rings. The standard InChI is InChI=1S/C17H16N2O6S.2H2/c1-9-12(11(21)5-6-20)15(26-13(9)16(23)25-24)19-8-10(7-18)14(22)17(2,3)4;;/h8,19-20,24H,1-4H3;2*1H/b10-8-;;. The second-order valence-electron chi connectivity index (χ2n) is 6.10. The lowest BCUT2D eigenvalue weighted by molar-refractivity contribution is -0.182. The zero-order chi connectivity index (χ0) is 20.1. The number of aliphatic hydroxyl groups is 1.